The fraction of sp³-hybridized carbons (Fsp3) is 0.500. The second-order valence-corrected chi connectivity index (χ2v) is 9.56. The predicted molar refractivity (Wildman–Crippen MR) is 66.1 cm³/mol. The summed E-state index contributed by atoms with van der Waals surface area (Å²) in [5, 5.41) is 20.0. The summed E-state index contributed by atoms with van der Waals surface area (Å²) >= 11 is 0. The van der Waals surface area contributed by atoms with Gasteiger partial charge in [-0.15, -0.1) is 0 Å². The molecule has 0 aliphatic heterocycles. The molecule has 0 spiro atoms. The van der Waals surface area contributed by atoms with Gasteiger partial charge in [-0.1, -0.05) is 55.5 Å². The lowest BCUT2D eigenvalue weighted by atomic mass is 10.3. The molecular weight excluding hydrogens is 204 g/mol. The molecule has 84 valence electrons. The first kappa shape index (κ1) is 12.4. The van der Waals surface area contributed by atoms with Gasteiger partial charge in [0.05, 0.1) is 20.8 Å². The first-order valence-electron chi connectivity index (χ1n) is 5.34. The fourth-order valence-electron chi connectivity index (χ4n) is 1.77. The zero-order chi connectivity index (χ0) is 11.5. The largest absolute Gasteiger partial charge is 0.394 e. The van der Waals surface area contributed by atoms with Crippen molar-refractivity contribution in [2.24, 2.45) is 0 Å². The summed E-state index contributed by atoms with van der Waals surface area (Å²) in [6.07, 6.45) is -0.605. The monoisotopic (exact) mass is 224 g/mol. The normalized spacial score (nSPS) is 16.1. The van der Waals surface area contributed by atoms with E-state index in [1.807, 2.05) is 25.1 Å². The van der Waals surface area contributed by atoms with Crippen LogP contribution in [0.15, 0.2) is 30.3 Å². The van der Waals surface area contributed by atoms with Crippen LogP contribution in [-0.2, 0) is 0 Å². The SMILES string of the molecule is C[C@@H]([C@@H](O)CO)[Si](C)(C)c1ccccc1. The number of hydrogen-bond donors (Lipinski definition) is 2. The van der Waals surface area contributed by atoms with Gasteiger partial charge in [0.1, 0.15) is 0 Å². The number of aliphatic hydroxyl groups is 2. The van der Waals surface area contributed by atoms with Crippen molar-refractivity contribution < 1.29 is 10.2 Å². The Morgan fingerprint density at radius 3 is 2.20 bits per heavy atom. The van der Waals surface area contributed by atoms with Crippen molar-refractivity contribution in [3.8, 4) is 0 Å². The van der Waals surface area contributed by atoms with Gasteiger partial charge in [-0.2, -0.15) is 0 Å². The highest BCUT2D eigenvalue weighted by Gasteiger charge is 2.34. The van der Waals surface area contributed by atoms with Gasteiger partial charge < -0.3 is 10.2 Å². The second-order valence-electron chi connectivity index (χ2n) is 4.63. The molecule has 1 aromatic rings. The van der Waals surface area contributed by atoms with Crippen molar-refractivity contribution >= 4 is 13.3 Å². The molecule has 0 fully saturated rings. The first-order valence-corrected chi connectivity index (χ1v) is 8.42. The summed E-state index contributed by atoms with van der Waals surface area (Å²) < 4.78 is 0. The molecule has 1 aromatic carbocycles. The maximum absolute atomic E-state index is 9.71. The molecule has 0 aliphatic carbocycles. The quantitative estimate of drug-likeness (QED) is 0.758. The van der Waals surface area contributed by atoms with Crippen LogP contribution in [0.2, 0.25) is 18.6 Å². The first-order chi connectivity index (χ1) is 7.00. The van der Waals surface area contributed by atoms with Crippen LogP contribution in [0.5, 0.6) is 0 Å². The molecule has 1 rings (SSSR count). The van der Waals surface area contributed by atoms with E-state index >= 15 is 0 Å². The molecule has 2 N–H and O–H groups in total. The van der Waals surface area contributed by atoms with Crippen molar-refractivity contribution in [2.45, 2.75) is 31.7 Å². The molecule has 0 bridgehead atoms. The minimum Gasteiger partial charge on any atom is -0.394 e. The molecule has 15 heavy (non-hydrogen) atoms. The molecule has 0 saturated heterocycles. The Hall–Kier alpha value is -0.643. The van der Waals surface area contributed by atoms with E-state index in [9.17, 15) is 5.11 Å². The average Bonchev–Trinajstić information content (AvgIpc) is 2.28. The van der Waals surface area contributed by atoms with Gasteiger partial charge in [0.15, 0.2) is 0 Å². The zero-order valence-electron chi connectivity index (χ0n) is 9.64. The van der Waals surface area contributed by atoms with E-state index < -0.39 is 14.2 Å². The summed E-state index contributed by atoms with van der Waals surface area (Å²) in [5.74, 6) is 0. The Morgan fingerprint density at radius 1 is 1.20 bits per heavy atom. The zero-order valence-corrected chi connectivity index (χ0v) is 10.6. The molecule has 0 heterocycles. The van der Waals surface area contributed by atoms with Gasteiger partial charge in [0, 0.05) is 0 Å². The number of rotatable bonds is 4. The molecule has 2 nitrogen and oxygen atoms in total. The van der Waals surface area contributed by atoms with E-state index in [0.29, 0.717) is 0 Å². The van der Waals surface area contributed by atoms with Gasteiger partial charge in [-0.25, -0.2) is 0 Å². The lowest BCUT2D eigenvalue weighted by Crippen LogP contribution is -2.49. The third kappa shape index (κ3) is 2.68. The molecule has 0 aromatic heterocycles. The maximum Gasteiger partial charge on any atom is 0.0860 e. The van der Waals surface area contributed by atoms with Crippen LogP contribution in [-0.4, -0.2) is 31.0 Å². The fourth-order valence-corrected chi connectivity index (χ4v) is 4.41. The molecule has 0 aliphatic rings. The van der Waals surface area contributed by atoms with Crippen LogP contribution in [0, 0.1) is 0 Å². The van der Waals surface area contributed by atoms with Crippen LogP contribution in [0.3, 0.4) is 0 Å². The molecule has 3 heteroatoms. The van der Waals surface area contributed by atoms with E-state index in [1.165, 1.54) is 5.19 Å². The van der Waals surface area contributed by atoms with E-state index in [1.54, 1.807) is 0 Å². The van der Waals surface area contributed by atoms with Crippen LogP contribution >= 0.6 is 0 Å². The van der Waals surface area contributed by atoms with Gasteiger partial charge in [0.2, 0.25) is 0 Å². The van der Waals surface area contributed by atoms with Crippen molar-refractivity contribution in [3.05, 3.63) is 30.3 Å². The van der Waals surface area contributed by atoms with Gasteiger partial charge >= 0.3 is 0 Å². The molecule has 0 unspecified atom stereocenters. The molecule has 0 radical (unpaired) electrons. The van der Waals surface area contributed by atoms with Gasteiger partial charge in [-0.3, -0.25) is 0 Å². The Kier molecular flexibility index (Phi) is 4.08. The highest BCUT2D eigenvalue weighted by molar-refractivity contribution is 6.91. The smallest absolute Gasteiger partial charge is 0.0860 e. The Labute approximate surface area is 92.6 Å². The van der Waals surface area contributed by atoms with Gasteiger partial charge in [0.25, 0.3) is 0 Å². The van der Waals surface area contributed by atoms with E-state index in [4.69, 9.17) is 5.11 Å². The lowest BCUT2D eigenvalue weighted by molar-refractivity contribution is 0.0909. The second kappa shape index (κ2) is 4.92. The highest BCUT2D eigenvalue weighted by atomic mass is 28.3. The summed E-state index contributed by atoms with van der Waals surface area (Å²) in [6, 6.07) is 10.3. The molecule has 0 amide bonds. The van der Waals surface area contributed by atoms with E-state index in [-0.39, 0.29) is 12.1 Å². The van der Waals surface area contributed by atoms with Crippen LogP contribution in [0.1, 0.15) is 6.92 Å². The summed E-state index contributed by atoms with van der Waals surface area (Å²) in [6.45, 7) is 6.34. The Bertz CT molecular complexity index is 298. The van der Waals surface area contributed by atoms with E-state index in [2.05, 4.69) is 25.2 Å². The molecular formula is C12H20O2Si. The van der Waals surface area contributed by atoms with Crippen LogP contribution in [0.4, 0.5) is 0 Å². The van der Waals surface area contributed by atoms with Crippen molar-refractivity contribution in [1.82, 2.24) is 0 Å². The van der Waals surface area contributed by atoms with E-state index in [0.717, 1.165) is 0 Å². The Balaban J connectivity index is 2.92. The van der Waals surface area contributed by atoms with Crippen LogP contribution < -0.4 is 5.19 Å². The minimum absolute atomic E-state index is 0.148. The number of benzene rings is 1. The molecule has 2 atom stereocenters. The lowest BCUT2D eigenvalue weighted by Gasteiger charge is -2.33. The summed E-state index contributed by atoms with van der Waals surface area (Å²) in [7, 11) is -1.68. The number of aliphatic hydroxyl groups excluding tert-OH is 2. The Morgan fingerprint density at radius 2 is 1.73 bits per heavy atom. The van der Waals surface area contributed by atoms with Gasteiger partial charge in [-0.05, 0) is 5.54 Å². The highest BCUT2D eigenvalue weighted by Crippen LogP contribution is 2.24. The predicted octanol–water partition coefficient (Wildman–Crippen LogP) is 1.35. The summed E-state index contributed by atoms with van der Waals surface area (Å²) in [4.78, 5) is 0. The number of hydrogen-bond acceptors (Lipinski definition) is 2. The van der Waals surface area contributed by atoms with Crippen molar-refractivity contribution in [2.75, 3.05) is 6.61 Å². The topological polar surface area (TPSA) is 40.5 Å². The molecule has 0 saturated carbocycles. The van der Waals surface area contributed by atoms with Crippen molar-refractivity contribution in [1.29, 1.82) is 0 Å². The third-order valence-corrected chi connectivity index (χ3v) is 7.90. The van der Waals surface area contributed by atoms with Crippen molar-refractivity contribution in [3.63, 3.8) is 0 Å². The maximum atomic E-state index is 9.71. The van der Waals surface area contributed by atoms with Crippen LogP contribution in [0.25, 0.3) is 0 Å². The standard InChI is InChI=1S/C12H20O2Si/c1-10(12(14)9-13)15(2,3)11-7-5-4-6-8-11/h4-8,10,12-14H,9H2,1-3H3/t10-,12-/m0/s1. The summed E-state index contributed by atoms with van der Waals surface area (Å²) in [5.41, 5.74) is 0.157. The third-order valence-electron chi connectivity index (χ3n) is 3.42. The minimum atomic E-state index is -1.68. The average molecular weight is 224 g/mol.